The highest BCUT2D eigenvalue weighted by atomic mass is 16.5. The number of rotatable bonds is 6. The molecule has 1 amide bonds. The molecule has 1 aromatic heterocycles. The third kappa shape index (κ3) is 4.57. The molecule has 0 fully saturated rings. The summed E-state index contributed by atoms with van der Waals surface area (Å²) in [6, 6.07) is 15.3. The summed E-state index contributed by atoms with van der Waals surface area (Å²) in [5.41, 5.74) is 3.29. The largest absolute Gasteiger partial charge is 0.497 e. The summed E-state index contributed by atoms with van der Waals surface area (Å²) in [4.78, 5) is 20.7. The van der Waals surface area contributed by atoms with Crippen molar-refractivity contribution >= 4 is 17.4 Å². The van der Waals surface area contributed by atoms with Gasteiger partial charge in [-0.05, 0) is 36.8 Å². The molecular formula is C20H20N4O2. The van der Waals surface area contributed by atoms with Crippen molar-refractivity contribution in [2.45, 2.75) is 13.5 Å². The molecule has 0 unspecified atom stereocenters. The Bertz CT molecular complexity index is 877. The van der Waals surface area contributed by atoms with Crippen LogP contribution >= 0.6 is 0 Å². The lowest BCUT2D eigenvalue weighted by Gasteiger charge is -2.08. The summed E-state index contributed by atoms with van der Waals surface area (Å²) < 4.78 is 5.09. The summed E-state index contributed by atoms with van der Waals surface area (Å²) >= 11 is 0. The molecule has 132 valence electrons. The number of nitrogens with one attached hydrogen (secondary N) is 2. The number of aryl methyl sites for hydroxylation is 1. The zero-order chi connectivity index (χ0) is 18.4. The van der Waals surface area contributed by atoms with Gasteiger partial charge in [0.25, 0.3) is 5.91 Å². The van der Waals surface area contributed by atoms with Crippen LogP contribution in [0.25, 0.3) is 0 Å². The van der Waals surface area contributed by atoms with Crippen LogP contribution in [0.5, 0.6) is 5.75 Å². The van der Waals surface area contributed by atoms with Crippen LogP contribution in [0.2, 0.25) is 0 Å². The Morgan fingerprint density at radius 1 is 1.08 bits per heavy atom. The number of ether oxygens (including phenoxy) is 1. The number of methoxy groups -OCH3 is 1. The number of carbonyl (C=O) groups excluding carboxylic acids is 1. The van der Waals surface area contributed by atoms with Gasteiger partial charge in [0, 0.05) is 12.2 Å². The van der Waals surface area contributed by atoms with Gasteiger partial charge in [0.05, 0.1) is 19.5 Å². The third-order valence-electron chi connectivity index (χ3n) is 3.79. The number of carbonyl (C=O) groups is 1. The maximum absolute atomic E-state index is 12.2. The second-order valence-electron chi connectivity index (χ2n) is 5.81. The minimum Gasteiger partial charge on any atom is -0.497 e. The van der Waals surface area contributed by atoms with Gasteiger partial charge < -0.3 is 15.4 Å². The van der Waals surface area contributed by atoms with Crippen molar-refractivity contribution in [3.8, 4) is 5.75 Å². The molecule has 0 atom stereocenters. The molecule has 0 aliphatic rings. The molecule has 2 N–H and O–H groups in total. The monoisotopic (exact) mass is 348 g/mol. The molecule has 1 heterocycles. The minimum atomic E-state index is -0.312. The number of nitrogens with zero attached hydrogens (tertiary/aromatic N) is 2. The van der Waals surface area contributed by atoms with Crippen LogP contribution in [-0.4, -0.2) is 23.0 Å². The molecule has 0 aliphatic heterocycles. The number of amides is 1. The zero-order valence-electron chi connectivity index (χ0n) is 14.7. The summed E-state index contributed by atoms with van der Waals surface area (Å²) in [6.07, 6.45) is 3.01. The molecule has 26 heavy (non-hydrogen) atoms. The van der Waals surface area contributed by atoms with Gasteiger partial charge >= 0.3 is 0 Å². The molecule has 0 bridgehead atoms. The van der Waals surface area contributed by atoms with Gasteiger partial charge in [-0.3, -0.25) is 4.79 Å². The van der Waals surface area contributed by atoms with Crippen LogP contribution in [0, 0.1) is 6.92 Å². The lowest BCUT2D eigenvalue weighted by molar-refractivity contribution is 0.102. The fraction of sp³-hybridized carbons (Fsp3) is 0.150. The summed E-state index contributed by atoms with van der Waals surface area (Å²) in [6.45, 7) is 2.70. The number of aromatic nitrogens is 2. The number of hydrogen-bond donors (Lipinski definition) is 2. The van der Waals surface area contributed by atoms with Gasteiger partial charge in [-0.15, -0.1) is 0 Å². The van der Waals surface area contributed by atoms with Gasteiger partial charge in [0.15, 0.2) is 0 Å². The van der Waals surface area contributed by atoms with Crippen molar-refractivity contribution in [3.63, 3.8) is 0 Å². The van der Waals surface area contributed by atoms with E-state index in [2.05, 4.69) is 39.7 Å². The van der Waals surface area contributed by atoms with Gasteiger partial charge in [0.2, 0.25) is 0 Å². The molecule has 6 heteroatoms. The number of hydrogen-bond acceptors (Lipinski definition) is 5. The molecule has 0 spiro atoms. The molecule has 0 radical (unpaired) electrons. The average Bonchev–Trinajstić information content (AvgIpc) is 2.67. The molecule has 3 rings (SSSR count). The highest BCUT2D eigenvalue weighted by molar-refractivity contribution is 6.02. The first kappa shape index (κ1) is 17.4. The van der Waals surface area contributed by atoms with Crippen LogP contribution in [0.3, 0.4) is 0 Å². The second-order valence-corrected chi connectivity index (χ2v) is 5.81. The van der Waals surface area contributed by atoms with E-state index < -0.39 is 0 Å². The highest BCUT2D eigenvalue weighted by Crippen LogP contribution is 2.15. The van der Waals surface area contributed by atoms with Crippen molar-refractivity contribution in [1.82, 2.24) is 9.97 Å². The highest BCUT2D eigenvalue weighted by Gasteiger charge is 2.08. The van der Waals surface area contributed by atoms with Crippen LogP contribution in [0.15, 0.2) is 60.9 Å². The fourth-order valence-corrected chi connectivity index (χ4v) is 2.42. The van der Waals surface area contributed by atoms with Crippen LogP contribution in [-0.2, 0) is 6.54 Å². The molecule has 0 aliphatic carbocycles. The predicted octanol–water partition coefficient (Wildman–Crippen LogP) is 3.66. The number of anilines is 2. The van der Waals surface area contributed by atoms with E-state index in [1.54, 1.807) is 37.6 Å². The quantitative estimate of drug-likeness (QED) is 0.711. The second kappa shape index (κ2) is 8.11. The Balaban J connectivity index is 1.58. The van der Waals surface area contributed by atoms with E-state index in [0.717, 1.165) is 11.3 Å². The Labute approximate surface area is 152 Å². The smallest absolute Gasteiger partial charge is 0.275 e. The van der Waals surface area contributed by atoms with E-state index in [1.807, 2.05) is 12.1 Å². The normalized spacial score (nSPS) is 10.2. The van der Waals surface area contributed by atoms with Crippen molar-refractivity contribution in [2.24, 2.45) is 0 Å². The molecule has 3 aromatic rings. The lowest BCUT2D eigenvalue weighted by Crippen LogP contribution is -2.14. The predicted molar refractivity (Wildman–Crippen MR) is 101 cm³/mol. The van der Waals surface area contributed by atoms with Crippen LogP contribution in [0.4, 0.5) is 11.5 Å². The Kier molecular flexibility index (Phi) is 5.43. The molecule has 2 aromatic carbocycles. The Morgan fingerprint density at radius 2 is 1.88 bits per heavy atom. The SMILES string of the molecule is COc1ccc(NC(=O)c2cnc(NCc3cccc(C)c3)cn2)cc1. The topological polar surface area (TPSA) is 76.1 Å². The first-order valence-electron chi connectivity index (χ1n) is 8.21. The molecule has 6 nitrogen and oxygen atoms in total. The Hall–Kier alpha value is -3.41. The van der Waals surface area contributed by atoms with E-state index in [4.69, 9.17) is 4.74 Å². The third-order valence-corrected chi connectivity index (χ3v) is 3.79. The van der Waals surface area contributed by atoms with Crippen LogP contribution < -0.4 is 15.4 Å². The van der Waals surface area contributed by atoms with Crippen molar-refractivity contribution in [3.05, 3.63) is 77.7 Å². The maximum atomic E-state index is 12.2. The lowest BCUT2D eigenvalue weighted by atomic mass is 10.1. The van der Waals surface area contributed by atoms with Gasteiger partial charge in [-0.2, -0.15) is 0 Å². The van der Waals surface area contributed by atoms with E-state index in [0.29, 0.717) is 18.1 Å². The van der Waals surface area contributed by atoms with Crippen molar-refractivity contribution < 1.29 is 9.53 Å². The van der Waals surface area contributed by atoms with E-state index in [-0.39, 0.29) is 11.6 Å². The standard InChI is InChI=1S/C20H20N4O2/c1-14-4-3-5-15(10-14)11-22-19-13-21-18(12-23-19)20(25)24-16-6-8-17(26-2)9-7-16/h3-10,12-13H,11H2,1-2H3,(H,22,23)(H,24,25). The Morgan fingerprint density at radius 3 is 2.54 bits per heavy atom. The van der Waals surface area contributed by atoms with Crippen molar-refractivity contribution in [1.29, 1.82) is 0 Å². The minimum absolute atomic E-state index is 0.252. The maximum Gasteiger partial charge on any atom is 0.275 e. The molecule has 0 saturated heterocycles. The van der Waals surface area contributed by atoms with Gasteiger partial charge in [-0.25, -0.2) is 9.97 Å². The van der Waals surface area contributed by atoms with E-state index in [9.17, 15) is 4.79 Å². The van der Waals surface area contributed by atoms with E-state index >= 15 is 0 Å². The number of benzene rings is 2. The van der Waals surface area contributed by atoms with Gasteiger partial charge in [0.1, 0.15) is 17.3 Å². The van der Waals surface area contributed by atoms with Gasteiger partial charge in [-0.1, -0.05) is 29.8 Å². The van der Waals surface area contributed by atoms with E-state index in [1.165, 1.54) is 11.8 Å². The first-order chi connectivity index (χ1) is 12.6. The summed E-state index contributed by atoms with van der Waals surface area (Å²) in [5.74, 6) is 1.03. The van der Waals surface area contributed by atoms with Crippen LogP contribution in [0.1, 0.15) is 21.6 Å². The summed E-state index contributed by atoms with van der Waals surface area (Å²) in [7, 11) is 1.59. The zero-order valence-corrected chi connectivity index (χ0v) is 14.7. The van der Waals surface area contributed by atoms with Crippen molar-refractivity contribution in [2.75, 3.05) is 17.7 Å². The summed E-state index contributed by atoms with van der Waals surface area (Å²) in [5, 5.41) is 5.97. The molecular weight excluding hydrogens is 328 g/mol. The average molecular weight is 348 g/mol. The molecule has 0 saturated carbocycles. The fourth-order valence-electron chi connectivity index (χ4n) is 2.42. The first-order valence-corrected chi connectivity index (χ1v) is 8.21.